The second-order valence-corrected chi connectivity index (χ2v) is 9.36. The molecule has 0 bridgehead atoms. The zero-order valence-corrected chi connectivity index (χ0v) is 19.7. The van der Waals surface area contributed by atoms with Crippen LogP contribution in [-0.4, -0.2) is 31.3 Å². The predicted molar refractivity (Wildman–Crippen MR) is 128 cm³/mol. The van der Waals surface area contributed by atoms with E-state index in [9.17, 15) is 28.1 Å². The van der Waals surface area contributed by atoms with Gasteiger partial charge in [0.15, 0.2) is 0 Å². The number of nitrogens with zero attached hydrogens (tertiary/aromatic N) is 1. The highest BCUT2D eigenvalue weighted by Crippen LogP contribution is 2.28. The van der Waals surface area contributed by atoms with E-state index in [1.54, 1.807) is 49.4 Å². The molecule has 35 heavy (non-hydrogen) atoms. The molecule has 0 aliphatic carbocycles. The predicted octanol–water partition coefficient (Wildman–Crippen LogP) is 3.49. The highest BCUT2D eigenvalue weighted by Gasteiger charge is 2.31. The number of carbonyl (C=O) groups is 2. The van der Waals surface area contributed by atoms with Crippen LogP contribution in [0.5, 0.6) is 0 Å². The number of hydrogen-bond acceptors (Lipinski definition) is 7. The molecule has 0 aliphatic heterocycles. The highest BCUT2D eigenvalue weighted by molar-refractivity contribution is 7.89. The van der Waals surface area contributed by atoms with Crippen LogP contribution in [0.3, 0.4) is 0 Å². The SMILES string of the molecule is Cc1ccc(NC(=O)C(OC(=O)C(C)NS(=O)(=O)c2ccccc2)c2ccccc2)c([N+](=O)[O-])c1. The lowest BCUT2D eigenvalue weighted by atomic mass is 10.1. The van der Waals surface area contributed by atoms with Crippen LogP contribution in [0.1, 0.15) is 24.2 Å². The van der Waals surface area contributed by atoms with E-state index in [4.69, 9.17) is 4.74 Å². The van der Waals surface area contributed by atoms with Crippen molar-refractivity contribution in [2.24, 2.45) is 0 Å². The minimum atomic E-state index is -4.02. The summed E-state index contributed by atoms with van der Waals surface area (Å²) in [6.07, 6.45) is -1.49. The molecule has 11 heteroatoms. The molecule has 3 aromatic carbocycles. The summed E-state index contributed by atoms with van der Waals surface area (Å²) in [7, 11) is -4.02. The van der Waals surface area contributed by atoms with Crippen molar-refractivity contribution < 1.29 is 27.7 Å². The molecular formula is C24H23N3O7S. The summed E-state index contributed by atoms with van der Waals surface area (Å²) in [5.74, 6) is -1.85. The molecule has 182 valence electrons. The van der Waals surface area contributed by atoms with Gasteiger partial charge in [-0.05, 0) is 37.6 Å². The molecule has 0 spiro atoms. The number of sulfonamides is 1. The van der Waals surface area contributed by atoms with Crippen LogP contribution in [0, 0.1) is 17.0 Å². The van der Waals surface area contributed by atoms with Crippen molar-refractivity contribution >= 4 is 33.3 Å². The molecule has 3 rings (SSSR count). The summed E-state index contributed by atoms with van der Waals surface area (Å²) in [5, 5.41) is 13.9. The van der Waals surface area contributed by atoms with Crippen LogP contribution in [0.15, 0.2) is 83.8 Å². The number of anilines is 1. The third kappa shape index (κ3) is 6.49. The Labute approximate surface area is 202 Å². The zero-order valence-electron chi connectivity index (χ0n) is 18.9. The lowest BCUT2D eigenvalue weighted by Gasteiger charge is -2.21. The summed E-state index contributed by atoms with van der Waals surface area (Å²) in [5.41, 5.74) is 0.535. The van der Waals surface area contributed by atoms with Crippen molar-refractivity contribution in [2.45, 2.75) is 30.9 Å². The van der Waals surface area contributed by atoms with Gasteiger partial charge in [0.1, 0.15) is 11.7 Å². The number of nitrogens with one attached hydrogen (secondary N) is 2. The molecule has 0 aliphatic rings. The first-order valence-corrected chi connectivity index (χ1v) is 12.0. The van der Waals surface area contributed by atoms with Crippen molar-refractivity contribution in [3.8, 4) is 0 Å². The van der Waals surface area contributed by atoms with E-state index < -0.39 is 39.0 Å². The van der Waals surface area contributed by atoms with Crippen LogP contribution in [0.2, 0.25) is 0 Å². The third-order valence-electron chi connectivity index (χ3n) is 4.92. The first kappa shape index (κ1) is 25.5. The number of hydrogen-bond donors (Lipinski definition) is 2. The summed E-state index contributed by atoms with van der Waals surface area (Å²) >= 11 is 0. The number of ether oxygens (including phenoxy) is 1. The average Bonchev–Trinajstić information content (AvgIpc) is 2.84. The molecular weight excluding hydrogens is 474 g/mol. The molecule has 2 N–H and O–H groups in total. The van der Waals surface area contributed by atoms with Gasteiger partial charge in [0.2, 0.25) is 16.1 Å². The van der Waals surface area contributed by atoms with E-state index in [2.05, 4.69) is 10.0 Å². The smallest absolute Gasteiger partial charge is 0.325 e. The zero-order chi connectivity index (χ0) is 25.6. The van der Waals surface area contributed by atoms with Gasteiger partial charge >= 0.3 is 5.97 Å². The second-order valence-electron chi connectivity index (χ2n) is 7.65. The molecule has 2 unspecified atom stereocenters. The molecule has 10 nitrogen and oxygen atoms in total. The fourth-order valence-electron chi connectivity index (χ4n) is 3.16. The monoisotopic (exact) mass is 497 g/mol. The van der Waals surface area contributed by atoms with E-state index in [0.29, 0.717) is 11.1 Å². The van der Waals surface area contributed by atoms with Gasteiger partial charge in [0, 0.05) is 11.6 Å². The molecule has 0 aromatic heterocycles. The number of benzene rings is 3. The van der Waals surface area contributed by atoms with Gasteiger partial charge in [-0.15, -0.1) is 0 Å². The van der Waals surface area contributed by atoms with E-state index in [1.165, 1.54) is 43.3 Å². The Bertz CT molecular complexity index is 1330. The van der Waals surface area contributed by atoms with Crippen LogP contribution < -0.4 is 10.0 Å². The lowest BCUT2D eigenvalue weighted by molar-refractivity contribution is -0.384. The Morgan fingerprint density at radius 3 is 2.17 bits per heavy atom. The number of rotatable bonds is 9. The summed E-state index contributed by atoms with van der Waals surface area (Å²) in [4.78, 5) is 36.6. The Balaban J connectivity index is 1.82. The maximum atomic E-state index is 13.1. The lowest BCUT2D eigenvalue weighted by Crippen LogP contribution is -2.41. The number of amides is 1. The minimum Gasteiger partial charge on any atom is -0.446 e. The summed E-state index contributed by atoms with van der Waals surface area (Å²) in [6.45, 7) is 2.96. The third-order valence-corrected chi connectivity index (χ3v) is 6.48. The number of nitro groups is 1. The molecule has 2 atom stereocenters. The molecule has 3 aromatic rings. The number of nitro benzene ring substituents is 1. The molecule has 0 saturated heterocycles. The second kappa shape index (κ2) is 10.9. The maximum Gasteiger partial charge on any atom is 0.325 e. The quantitative estimate of drug-likeness (QED) is 0.261. The van der Waals surface area contributed by atoms with Gasteiger partial charge in [0.05, 0.1) is 9.82 Å². The number of aryl methyl sites for hydroxylation is 1. The van der Waals surface area contributed by atoms with Gasteiger partial charge in [0.25, 0.3) is 11.6 Å². The minimum absolute atomic E-state index is 0.0383. The number of esters is 1. The van der Waals surface area contributed by atoms with Crippen molar-refractivity contribution in [2.75, 3.05) is 5.32 Å². The number of carbonyl (C=O) groups excluding carboxylic acids is 2. The molecule has 0 fully saturated rings. The van der Waals surface area contributed by atoms with Crippen LogP contribution in [0.4, 0.5) is 11.4 Å². The Kier molecular flexibility index (Phi) is 7.94. The van der Waals surface area contributed by atoms with Gasteiger partial charge in [-0.1, -0.05) is 54.6 Å². The van der Waals surface area contributed by atoms with E-state index >= 15 is 0 Å². The standard InChI is InChI=1S/C24H23N3O7S/c1-16-13-14-20(21(15-16)27(30)31)25-23(28)22(18-9-5-3-6-10-18)34-24(29)17(2)26-35(32,33)19-11-7-4-8-12-19/h3-15,17,22,26H,1-2H3,(H,25,28). The van der Waals surface area contributed by atoms with Crippen LogP contribution in [-0.2, 0) is 24.3 Å². The van der Waals surface area contributed by atoms with E-state index in [1.807, 2.05) is 0 Å². The Morgan fingerprint density at radius 1 is 0.971 bits per heavy atom. The van der Waals surface area contributed by atoms with Gasteiger partial charge in [-0.25, -0.2) is 8.42 Å². The average molecular weight is 498 g/mol. The molecule has 1 amide bonds. The van der Waals surface area contributed by atoms with Gasteiger partial charge in [-0.3, -0.25) is 19.7 Å². The first-order valence-electron chi connectivity index (χ1n) is 10.5. The van der Waals surface area contributed by atoms with E-state index in [-0.39, 0.29) is 16.3 Å². The Morgan fingerprint density at radius 2 is 1.57 bits per heavy atom. The van der Waals surface area contributed by atoms with Gasteiger partial charge < -0.3 is 10.1 Å². The molecule has 0 radical (unpaired) electrons. The van der Waals surface area contributed by atoms with Gasteiger partial charge in [-0.2, -0.15) is 4.72 Å². The maximum absolute atomic E-state index is 13.1. The molecule has 0 saturated carbocycles. The fourth-order valence-corrected chi connectivity index (χ4v) is 4.38. The fraction of sp³-hybridized carbons (Fsp3) is 0.167. The highest BCUT2D eigenvalue weighted by atomic mass is 32.2. The van der Waals surface area contributed by atoms with Crippen LogP contribution >= 0.6 is 0 Å². The van der Waals surface area contributed by atoms with Crippen molar-refractivity contribution in [1.29, 1.82) is 0 Å². The molecule has 0 heterocycles. The summed E-state index contributed by atoms with van der Waals surface area (Å²) in [6, 6.07) is 18.4. The van der Waals surface area contributed by atoms with Crippen LogP contribution in [0.25, 0.3) is 0 Å². The van der Waals surface area contributed by atoms with Crippen molar-refractivity contribution in [3.63, 3.8) is 0 Å². The summed E-state index contributed by atoms with van der Waals surface area (Å²) < 4.78 is 32.7. The topological polar surface area (TPSA) is 145 Å². The van der Waals surface area contributed by atoms with Crippen molar-refractivity contribution in [3.05, 3.63) is 100 Å². The Hall–Kier alpha value is -4.09. The van der Waals surface area contributed by atoms with Crippen molar-refractivity contribution in [1.82, 2.24) is 4.72 Å². The largest absolute Gasteiger partial charge is 0.446 e. The normalized spacial score (nSPS) is 12.9. The first-order chi connectivity index (χ1) is 16.6. The van der Waals surface area contributed by atoms with E-state index in [0.717, 1.165) is 0 Å².